The molecule has 5 heteroatoms. The molecule has 16 heavy (non-hydrogen) atoms. The molecule has 2 N–H and O–H groups in total. The quantitative estimate of drug-likeness (QED) is 0.679. The predicted octanol–water partition coefficient (Wildman–Crippen LogP) is 0.757. The van der Waals surface area contributed by atoms with Crippen molar-refractivity contribution in [2.75, 3.05) is 6.54 Å². The van der Waals surface area contributed by atoms with Crippen LogP contribution in [-0.2, 0) is 9.59 Å². The zero-order valence-electron chi connectivity index (χ0n) is 9.32. The summed E-state index contributed by atoms with van der Waals surface area (Å²) in [6, 6.07) is 0.215. The van der Waals surface area contributed by atoms with Crippen LogP contribution in [0, 0.1) is 5.92 Å². The van der Waals surface area contributed by atoms with E-state index in [1.54, 1.807) is 5.01 Å². The average molecular weight is 226 g/mol. The van der Waals surface area contributed by atoms with Gasteiger partial charge in [-0.3, -0.25) is 14.6 Å². The van der Waals surface area contributed by atoms with Crippen molar-refractivity contribution in [3.8, 4) is 0 Å². The molecular formula is C11H18N2O3. The van der Waals surface area contributed by atoms with E-state index >= 15 is 0 Å². The normalized spacial score (nSPS) is 21.0. The first-order chi connectivity index (χ1) is 7.68. The van der Waals surface area contributed by atoms with Gasteiger partial charge in [0, 0.05) is 12.0 Å². The number of aliphatic carboxylic acids is 1. The molecule has 0 spiro atoms. The molecule has 0 aromatic heterocycles. The molecule has 0 unspecified atom stereocenters. The first kappa shape index (κ1) is 11.4. The average Bonchev–Trinajstić information content (AvgIpc) is 2.04. The van der Waals surface area contributed by atoms with E-state index in [1.807, 2.05) is 0 Å². The maximum atomic E-state index is 12.0. The lowest BCUT2D eigenvalue weighted by Crippen LogP contribution is -2.56. The Morgan fingerprint density at radius 3 is 2.19 bits per heavy atom. The Morgan fingerprint density at radius 2 is 1.81 bits per heavy atom. The minimum absolute atomic E-state index is 0.0946. The van der Waals surface area contributed by atoms with Crippen molar-refractivity contribution in [1.82, 2.24) is 10.4 Å². The summed E-state index contributed by atoms with van der Waals surface area (Å²) >= 11 is 0. The standard InChI is InChI=1S/C11H18N2O3/c14-10(15)7-12-13(9-5-2-6-9)11(16)8-3-1-4-8/h8-9,12H,1-7H2,(H,14,15). The van der Waals surface area contributed by atoms with E-state index in [-0.39, 0.29) is 24.4 Å². The first-order valence-electron chi connectivity index (χ1n) is 5.97. The van der Waals surface area contributed by atoms with Gasteiger partial charge in [0.1, 0.15) is 6.54 Å². The number of carboxylic acid groups (broad SMARTS) is 1. The number of carbonyl (C=O) groups is 2. The second kappa shape index (κ2) is 4.82. The molecule has 0 atom stereocenters. The van der Waals surface area contributed by atoms with Crippen LogP contribution in [0.5, 0.6) is 0 Å². The molecule has 2 saturated carbocycles. The van der Waals surface area contributed by atoms with Crippen molar-refractivity contribution in [2.24, 2.45) is 5.92 Å². The van der Waals surface area contributed by atoms with Crippen LogP contribution in [0.2, 0.25) is 0 Å². The molecule has 2 rings (SSSR count). The Labute approximate surface area is 94.8 Å². The molecule has 0 radical (unpaired) electrons. The van der Waals surface area contributed by atoms with Gasteiger partial charge in [0.15, 0.2) is 0 Å². The molecule has 0 aromatic carbocycles. The molecule has 2 fully saturated rings. The number of hydrogen-bond donors (Lipinski definition) is 2. The van der Waals surface area contributed by atoms with Crippen LogP contribution in [0.4, 0.5) is 0 Å². The molecule has 1 amide bonds. The third kappa shape index (κ3) is 2.35. The molecule has 0 heterocycles. The smallest absolute Gasteiger partial charge is 0.319 e. The molecular weight excluding hydrogens is 208 g/mol. The Hall–Kier alpha value is -1.10. The number of nitrogens with zero attached hydrogens (tertiary/aromatic N) is 1. The van der Waals surface area contributed by atoms with Gasteiger partial charge in [0.25, 0.3) is 0 Å². The Bertz CT molecular complexity index is 285. The van der Waals surface area contributed by atoms with Crippen LogP contribution in [0.3, 0.4) is 0 Å². The van der Waals surface area contributed by atoms with E-state index < -0.39 is 5.97 Å². The summed E-state index contributed by atoms with van der Waals surface area (Å²) in [4.78, 5) is 22.6. The second-order valence-electron chi connectivity index (χ2n) is 4.65. The molecule has 2 aliphatic rings. The lowest BCUT2D eigenvalue weighted by molar-refractivity contribution is -0.149. The van der Waals surface area contributed by atoms with Gasteiger partial charge < -0.3 is 5.11 Å². The van der Waals surface area contributed by atoms with E-state index in [9.17, 15) is 9.59 Å². The summed E-state index contributed by atoms with van der Waals surface area (Å²) in [5.74, 6) is -0.704. The number of carboxylic acids is 1. The van der Waals surface area contributed by atoms with E-state index in [0.29, 0.717) is 0 Å². The monoisotopic (exact) mass is 226 g/mol. The molecule has 2 aliphatic carbocycles. The lowest BCUT2D eigenvalue weighted by Gasteiger charge is -2.40. The highest BCUT2D eigenvalue weighted by Gasteiger charge is 2.35. The van der Waals surface area contributed by atoms with Crippen molar-refractivity contribution in [2.45, 2.75) is 44.6 Å². The number of amides is 1. The fourth-order valence-electron chi connectivity index (χ4n) is 2.04. The van der Waals surface area contributed by atoms with Crippen LogP contribution in [0.15, 0.2) is 0 Å². The summed E-state index contributed by atoms with van der Waals surface area (Å²) in [5, 5.41) is 10.2. The van der Waals surface area contributed by atoms with Crippen LogP contribution in [-0.4, -0.2) is 34.6 Å². The lowest BCUT2D eigenvalue weighted by atomic mass is 9.83. The Kier molecular flexibility index (Phi) is 3.43. The molecule has 5 nitrogen and oxygen atoms in total. The maximum Gasteiger partial charge on any atom is 0.319 e. The minimum atomic E-state index is -0.925. The number of hydrazine groups is 1. The van der Waals surface area contributed by atoms with Crippen molar-refractivity contribution in [3.05, 3.63) is 0 Å². The van der Waals surface area contributed by atoms with Crippen LogP contribution in [0.1, 0.15) is 38.5 Å². The number of nitrogens with one attached hydrogen (secondary N) is 1. The summed E-state index contributed by atoms with van der Waals surface area (Å²) < 4.78 is 0. The molecule has 0 bridgehead atoms. The molecule has 0 aliphatic heterocycles. The maximum absolute atomic E-state index is 12.0. The van der Waals surface area contributed by atoms with Gasteiger partial charge in [-0.15, -0.1) is 0 Å². The molecule has 90 valence electrons. The Balaban J connectivity index is 1.89. The Morgan fingerprint density at radius 1 is 1.19 bits per heavy atom. The van der Waals surface area contributed by atoms with Crippen LogP contribution >= 0.6 is 0 Å². The predicted molar refractivity (Wildman–Crippen MR) is 57.5 cm³/mol. The van der Waals surface area contributed by atoms with Gasteiger partial charge in [-0.25, -0.2) is 5.43 Å². The summed E-state index contributed by atoms with van der Waals surface area (Å²) in [6.07, 6.45) is 6.14. The number of rotatable bonds is 5. The van der Waals surface area contributed by atoms with Crippen LogP contribution < -0.4 is 5.43 Å². The van der Waals surface area contributed by atoms with Gasteiger partial charge in [0.05, 0.1) is 0 Å². The van der Waals surface area contributed by atoms with E-state index in [1.165, 1.54) is 0 Å². The van der Waals surface area contributed by atoms with Gasteiger partial charge >= 0.3 is 5.97 Å². The van der Waals surface area contributed by atoms with Crippen molar-refractivity contribution >= 4 is 11.9 Å². The van der Waals surface area contributed by atoms with Gasteiger partial charge in [-0.05, 0) is 32.1 Å². The van der Waals surface area contributed by atoms with E-state index in [4.69, 9.17) is 5.11 Å². The first-order valence-corrected chi connectivity index (χ1v) is 5.97. The highest BCUT2D eigenvalue weighted by Crippen LogP contribution is 2.31. The second-order valence-corrected chi connectivity index (χ2v) is 4.65. The van der Waals surface area contributed by atoms with Crippen LogP contribution in [0.25, 0.3) is 0 Å². The highest BCUT2D eigenvalue weighted by molar-refractivity contribution is 5.80. The third-order valence-corrected chi connectivity index (χ3v) is 3.53. The SMILES string of the molecule is O=C(O)CNN(C(=O)C1CCC1)C1CCC1. The third-order valence-electron chi connectivity index (χ3n) is 3.53. The fourth-order valence-corrected chi connectivity index (χ4v) is 2.04. The molecule has 0 saturated heterocycles. The highest BCUT2D eigenvalue weighted by atomic mass is 16.4. The van der Waals surface area contributed by atoms with Crippen molar-refractivity contribution in [1.29, 1.82) is 0 Å². The van der Waals surface area contributed by atoms with E-state index in [0.717, 1.165) is 38.5 Å². The minimum Gasteiger partial charge on any atom is -0.480 e. The number of carbonyl (C=O) groups excluding carboxylic acids is 1. The largest absolute Gasteiger partial charge is 0.480 e. The van der Waals surface area contributed by atoms with Gasteiger partial charge in [-0.1, -0.05) is 6.42 Å². The fraction of sp³-hybridized carbons (Fsp3) is 0.818. The molecule has 0 aromatic rings. The topological polar surface area (TPSA) is 69.6 Å². The van der Waals surface area contributed by atoms with Gasteiger partial charge in [0.2, 0.25) is 5.91 Å². The summed E-state index contributed by atoms with van der Waals surface area (Å²) in [6.45, 7) is -0.172. The zero-order valence-corrected chi connectivity index (χ0v) is 9.32. The van der Waals surface area contributed by atoms with E-state index in [2.05, 4.69) is 5.43 Å². The summed E-state index contributed by atoms with van der Waals surface area (Å²) in [5.41, 5.74) is 2.75. The van der Waals surface area contributed by atoms with Crippen molar-refractivity contribution in [3.63, 3.8) is 0 Å². The van der Waals surface area contributed by atoms with Crippen molar-refractivity contribution < 1.29 is 14.7 Å². The summed E-state index contributed by atoms with van der Waals surface area (Å²) in [7, 11) is 0. The van der Waals surface area contributed by atoms with Gasteiger partial charge in [-0.2, -0.15) is 0 Å². The zero-order chi connectivity index (χ0) is 11.5. The number of hydrogen-bond acceptors (Lipinski definition) is 3.